The van der Waals surface area contributed by atoms with Gasteiger partial charge in [0.05, 0.1) is 23.6 Å². The highest BCUT2D eigenvalue weighted by Gasteiger charge is 2.34. The summed E-state index contributed by atoms with van der Waals surface area (Å²) in [6.07, 6.45) is 6.05. The van der Waals surface area contributed by atoms with Gasteiger partial charge in [-0.15, -0.1) is 0 Å². The highest BCUT2D eigenvalue weighted by Crippen LogP contribution is 2.39. The number of nitrogens with one attached hydrogen (secondary N) is 1. The van der Waals surface area contributed by atoms with Gasteiger partial charge < -0.3 is 9.88 Å². The van der Waals surface area contributed by atoms with Gasteiger partial charge in [0.25, 0.3) is 0 Å². The van der Waals surface area contributed by atoms with Crippen LogP contribution in [0.2, 0.25) is 0 Å². The van der Waals surface area contributed by atoms with E-state index in [4.69, 9.17) is 4.98 Å². The third kappa shape index (κ3) is 3.81. The molecule has 1 saturated heterocycles. The van der Waals surface area contributed by atoms with Crippen LogP contribution in [0.4, 0.5) is 0 Å². The summed E-state index contributed by atoms with van der Waals surface area (Å²) in [7, 11) is 0. The number of benzene rings is 1. The van der Waals surface area contributed by atoms with E-state index in [1.54, 1.807) is 0 Å². The lowest BCUT2D eigenvalue weighted by atomic mass is 10.0. The molecule has 3 aromatic rings. The number of allylic oxidation sites excluding steroid dienone is 1. The quantitative estimate of drug-likeness (QED) is 0.534. The largest absolute Gasteiger partial charge is 0.365 e. The molecule has 0 spiro atoms. The molecule has 0 radical (unpaired) electrons. The number of hydrogen-bond donors (Lipinski definition) is 1. The predicted octanol–water partition coefficient (Wildman–Crippen LogP) is 5.90. The molecule has 5 heteroatoms. The summed E-state index contributed by atoms with van der Waals surface area (Å²) >= 11 is 0. The van der Waals surface area contributed by atoms with Crippen LogP contribution >= 0.6 is 0 Å². The molecule has 5 nitrogen and oxygen atoms in total. The Kier molecular flexibility index (Phi) is 5.80. The van der Waals surface area contributed by atoms with Crippen molar-refractivity contribution in [1.29, 1.82) is 0 Å². The van der Waals surface area contributed by atoms with E-state index in [1.165, 1.54) is 11.3 Å². The molecule has 4 rings (SSSR count). The van der Waals surface area contributed by atoms with E-state index in [-0.39, 0.29) is 6.04 Å². The van der Waals surface area contributed by atoms with Gasteiger partial charge in [-0.25, -0.2) is 4.98 Å². The normalized spacial score (nSPS) is 19.9. The zero-order valence-corrected chi connectivity index (χ0v) is 18.6. The number of aromatic nitrogens is 4. The van der Waals surface area contributed by atoms with Gasteiger partial charge in [0, 0.05) is 25.0 Å². The minimum atomic E-state index is 0.286. The van der Waals surface area contributed by atoms with Crippen LogP contribution in [-0.2, 0) is 6.54 Å². The fraction of sp³-hybridized carbons (Fsp3) is 0.440. The molecule has 3 unspecified atom stereocenters. The van der Waals surface area contributed by atoms with E-state index in [0.29, 0.717) is 11.8 Å². The van der Waals surface area contributed by atoms with Crippen molar-refractivity contribution in [3.05, 3.63) is 60.8 Å². The fourth-order valence-electron chi connectivity index (χ4n) is 4.44. The van der Waals surface area contributed by atoms with E-state index in [9.17, 15) is 0 Å². The molecule has 2 aromatic heterocycles. The second-order valence-electron chi connectivity index (χ2n) is 8.60. The Bertz CT molecular complexity index is 997. The van der Waals surface area contributed by atoms with Gasteiger partial charge in [0.2, 0.25) is 0 Å². The predicted molar refractivity (Wildman–Crippen MR) is 123 cm³/mol. The van der Waals surface area contributed by atoms with Crippen molar-refractivity contribution in [3.8, 4) is 22.5 Å². The summed E-state index contributed by atoms with van der Waals surface area (Å²) in [5, 5.41) is 4.37. The van der Waals surface area contributed by atoms with Gasteiger partial charge in [-0.05, 0) is 48.8 Å². The number of nitrogens with zero attached hydrogens (tertiary/aromatic N) is 4. The highest BCUT2D eigenvalue weighted by molar-refractivity contribution is 5.66. The molecular weight excluding hydrogens is 370 g/mol. The summed E-state index contributed by atoms with van der Waals surface area (Å²) in [5.74, 6) is 2.19. The average Bonchev–Trinajstić information content (AvgIpc) is 3.51. The number of H-pyrrole nitrogens is 1. The molecule has 3 heterocycles. The minimum absolute atomic E-state index is 0.286. The van der Waals surface area contributed by atoms with Crippen LogP contribution < -0.4 is 0 Å². The maximum absolute atomic E-state index is 4.77. The number of hydrogen-bond acceptors (Lipinski definition) is 3. The zero-order chi connectivity index (χ0) is 21.3. The van der Waals surface area contributed by atoms with Crippen LogP contribution in [0.3, 0.4) is 0 Å². The Morgan fingerprint density at radius 3 is 2.63 bits per heavy atom. The first-order valence-electron chi connectivity index (χ1n) is 11.1. The minimum Gasteiger partial charge on any atom is -0.365 e. The average molecular weight is 404 g/mol. The van der Waals surface area contributed by atoms with Crippen LogP contribution in [0.25, 0.3) is 22.5 Å². The Hall–Kier alpha value is -2.82. The first-order chi connectivity index (χ1) is 14.5. The lowest BCUT2D eigenvalue weighted by Gasteiger charge is -2.30. The standard InChI is InChI=1S/C25H33N5/c1-6-18(4)19(5)29-16-17(3)14-24(29)25-26-15-22(28-25)20-8-10-21(11-9-20)23-12-13-27-30(23)7-2/h8-13,15,17-18,24H,5-7,14,16H2,1-4H3,(H,26,28). The Balaban J connectivity index is 1.56. The third-order valence-corrected chi connectivity index (χ3v) is 6.48. The first kappa shape index (κ1) is 20.5. The molecule has 1 fully saturated rings. The Morgan fingerprint density at radius 2 is 1.93 bits per heavy atom. The number of rotatable bonds is 7. The molecule has 3 atom stereocenters. The molecule has 0 aliphatic carbocycles. The van der Waals surface area contributed by atoms with E-state index in [0.717, 1.165) is 48.7 Å². The van der Waals surface area contributed by atoms with Gasteiger partial charge in [-0.1, -0.05) is 51.6 Å². The van der Waals surface area contributed by atoms with Gasteiger partial charge in [-0.2, -0.15) is 5.10 Å². The van der Waals surface area contributed by atoms with Crippen molar-refractivity contribution in [2.45, 2.75) is 53.1 Å². The van der Waals surface area contributed by atoms with Crippen molar-refractivity contribution >= 4 is 0 Å². The van der Waals surface area contributed by atoms with Crippen LogP contribution in [-0.4, -0.2) is 31.2 Å². The van der Waals surface area contributed by atoms with Crippen molar-refractivity contribution in [2.75, 3.05) is 6.54 Å². The summed E-state index contributed by atoms with van der Waals surface area (Å²) in [6, 6.07) is 11.0. The van der Waals surface area contributed by atoms with Crippen LogP contribution in [0, 0.1) is 11.8 Å². The van der Waals surface area contributed by atoms with Crippen LogP contribution in [0.5, 0.6) is 0 Å². The summed E-state index contributed by atoms with van der Waals surface area (Å²) in [6.45, 7) is 15.3. The highest BCUT2D eigenvalue weighted by atomic mass is 15.3. The monoisotopic (exact) mass is 403 g/mol. The molecule has 158 valence electrons. The third-order valence-electron chi connectivity index (χ3n) is 6.48. The number of imidazole rings is 1. The molecule has 0 amide bonds. The number of aryl methyl sites for hydroxylation is 1. The fourth-order valence-corrected chi connectivity index (χ4v) is 4.44. The molecule has 1 N–H and O–H groups in total. The van der Waals surface area contributed by atoms with E-state index in [2.05, 4.69) is 79.6 Å². The van der Waals surface area contributed by atoms with Crippen molar-refractivity contribution in [2.24, 2.45) is 11.8 Å². The maximum atomic E-state index is 4.77. The second-order valence-corrected chi connectivity index (χ2v) is 8.60. The first-order valence-corrected chi connectivity index (χ1v) is 11.1. The SMILES string of the molecule is C=C(C(C)CC)N1CC(C)CC1c1ncc(-c2ccc(-c3ccnn3CC)cc2)[nH]1. The van der Waals surface area contributed by atoms with Crippen molar-refractivity contribution in [1.82, 2.24) is 24.6 Å². The van der Waals surface area contributed by atoms with Gasteiger partial charge in [0.15, 0.2) is 0 Å². The van der Waals surface area contributed by atoms with E-state index in [1.807, 2.05) is 17.1 Å². The molecule has 1 aromatic carbocycles. The molecular formula is C25H33N5. The lowest BCUT2D eigenvalue weighted by Crippen LogP contribution is -2.26. The van der Waals surface area contributed by atoms with Crippen molar-refractivity contribution in [3.63, 3.8) is 0 Å². The van der Waals surface area contributed by atoms with E-state index >= 15 is 0 Å². The van der Waals surface area contributed by atoms with Crippen LogP contribution in [0.15, 0.2) is 55.0 Å². The number of likely N-dealkylation sites (tertiary alicyclic amines) is 1. The molecule has 1 aliphatic rings. The smallest absolute Gasteiger partial charge is 0.129 e. The summed E-state index contributed by atoms with van der Waals surface area (Å²) < 4.78 is 2.02. The number of aromatic amines is 1. The molecule has 30 heavy (non-hydrogen) atoms. The van der Waals surface area contributed by atoms with Crippen molar-refractivity contribution < 1.29 is 0 Å². The van der Waals surface area contributed by atoms with Crippen LogP contribution in [0.1, 0.15) is 52.4 Å². The molecule has 0 saturated carbocycles. The maximum Gasteiger partial charge on any atom is 0.129 e. The van der Waals surface area contributed by atoms with Gasteiger partial charge in [0.1, 0.15) is 5.82 Å². The Labute approximate surface area is 179 Å². The Morgan fingerprint density at radius 1 is 1.20 bits per heavy atom. The topological polar surface area (TPSA) is 49.7 Å². The molecule has 0 bridgehead atoms. The molecule has 1 aliphatic heterocycles. The summed E-state index contributed by atoms with van der Waals surface area (Å²) in [5.41, 5.74) is 5.78. The van der Waals surface area contributed by atoms with E-state index < -0.39 is 0 Å². The summed E-state index contributed by atoms with van der Waals surface area (Å²) in [4.78, 5) is 10.8. The van der Waals surface area contributed by atoms with Gasteiger partial charge >= 0.3 is 0 Å². The lowest BCUT2D eigenvalue weighted by molar-refractivity contribution is 0.280. The second kappa shape index (κ2) is 8.50. The zero-order valence-electron chi connectivity index (χ0n) is 18.6. The van der Waals surface area contributed by atoms with Gasteiger partial charge in [-0.3, -0.25) is 4.68 Å².